The summed E-state index contributed by atoms with van der Waals surface area (Å²) >= 11 is 0. The Balaban J connectivity index is 2.09. The highest BCUT2D eigenvalue weighted by molar-refractivity contribution is 5.77. The van der Waals surface area contributed by atoms with Crippen LogP contribution in [0.15, 0.2) is 12.7 Å². The molecule has 1 aliphatic carbocycles. The van der Waals surface area contributed by atoms with Crippen molar-refractivity contribution >= 4 is 5.91 Å². The van der Waals surface area contributed by atoms with E-state index in [9.17, 15) is 9.90 Å². The topological polar surface area (TPSA) is 58.6 Å². The lowest BCUT2D eigenvalue weighted by atomic mass is 9.95. The second-order valence-corrected chi connectivity index (χ2v) is 3.83. The minimum absolute atomic E-state index is 0.106. The molecule has 86 valence electrons. The van der Waals surface area contributed by atoms with E-state index in [0.29, 0.717) is 6.54 Å². The average Bonchev–Trinajstić information content (AvgIpc) is 2.25. The van der Waals surface area contributed by atoms with E-state index in [1.807, 2.05) is 0 Å². The number of hydrogen-bond acceptors (Lipinski definition) is 3. The van der Waals surface area contributed by atoms with Gasteiger partial charge in [0.2, 0.25) is 5.91 Å². The Bertz CT molecular complexity index is 210. The third-order valence-electron chi connectivity index (χ3n) is 2.54. The molecular weight excluding hydrogens is 194 g/mol. The molecule has 0 bridgehead atoms. The van der Waals surface area contributed by atoms with Gasteiger partial charge in [0, 0.05) is 6.54 Å². The first-order valence-corrected chi connectivity index (χ1v) is 5.39. The molecule has 0 aliphatic heterocycles. The Morgan fingerprint density at radius 1 is 1.47 bits per heavy atom. The maximum Gasteiger partial charge on any atom is 0.246 e. The van der Waals surface area contributed by atoms with Crippen LogP contribution in [0, 0.1) is 0 Å². The van der Waals surface area contributed by atoms with Gasteiger partial charge in [-0.15, -0.1) is 6.58 Å². The number of nitrogens with one attached hydrogen (secondary N) is 1. The molecule has 15 heavy (non-hydrogen) atoms. The van der Waals surface area contributed by atoms with Crippen LogP contribution < -0.4 is 5.32 Å². The third-order valence-corrected chi connectivity index (χ3v) is 2.54. The third kappa shape index (κ3) is 4.95. The summed E-state index contributed by atoms with van der Waals surface area (Å²) in [5, 5.41) is 11.9. The average molecular weight is 213 g/mol. The van der Waals surface area contributed by atoms with Crippen molar-refractivity contribution in [3.63, 3.8) is 0 Å². The lowest BCUT2D eigenvalue weighted by Gasteiger charge is -2.25. The summed E-state index contributed by atoms with van der Waals surface area (Å²) in [6.07, 6.45) is 4.82. The summed E-state index contributed by atoms with van der Waals surface area (Å²) in [6.45, 7) is 4.09. The normalized spacial score (nSPS) is 25.9. The fraction of sp³-hybridized carbons (Fsp3) is 0.727. The molecule has 0 unspecified atom stereocenters. The molecule has 1 fully saturated rings. The van der Waals surface area contributed by atoms with Gasteiger partial charge in [-0.05, 0) is 25.7 Å². The fourth-order valence-corrected chi connectivity index (χ4v) is 1.64. The van der Waals surface area contributed by atoms with Crippen molar-refractivity contribution in [1.82, 2.24) is 5.32 Å². The van der Waals surface area contributed by atoms with E-state index >= 15 is 0 Å². The van der Waals surface area contributed by atoms with E-state index in [1.165, 1.54) is 0 Å². The SMILES string of the molecule is C=CCNC(=O)COC1CCC(O)CC1. The number of amides is 1. The molecule has 0 aromatic rings. The Morgan fingerprint density at radius 3 is 2.73 bits per heavy atom. The van der Waals surface area contributed by atoms with Gasteiger partial charge < -0.3 is 15.2 Å². The zero-order valence-electron chi connectivity index (χ0n) is 8.95. The van der Waals surface area contributed by atoms with Crippen LogP contribution in [0.3, 0.4) is 0 Å². The molecule has 1 aliphatic rings. The van der Waals surface area contributed by atoms with Crippen LogP contribution in [0.2, 0.25) is 0 Å². The molecule has 0 aromatic heterocycles. The van der Waals surface area contributed by atoms with Crippen LogP contribution in [0.1, 0.15) is 25.7 Å². The lowest BCUT2D eigenvalue weighted by molar-refractivity contribution is -0.128. The highest BCUT2D eigenvalue weighted by atomic mass is 16.5. The molecule has 4 nitrogen and oxygen atoms in total. The Hall–Kier alpha value is -0.870. The summed E-state index contributed by atoms with van der Waals surface area (Å²) in [7, 11) is 0. The van der Waals surface area contributed by atoms with Crippen molar-refractivity contribution in [3.05, 3.63) is 12.7 Å². The van der Waals surface area contributed by atoms with Crippen molar-refractivity contribution in [1.29, 1.82) is 0 Å². The molecule has 0 atom stereocenters. The lowest BCUT2D eigenvalue weighted by Crippen LogP contribution is -2.31. The van der Waals surface area contributed by atoms with Crippen molar-refractivity contribution in [3.8, 4) is 0 Å². The van der Waals surface area contributed by atoms with Gasteiger partial charge in [0.15, 0.2) is 0 Å². The standard InChI is InChI=1S/C11H19NO3/c1-2-7-12-11(14)8-15-10-5-3-9(13)4-6-10/h2,9-10,13H,1,3-8H2,(H,12,14). The summed E-state index contributed by atoms with van der Waals surface area (Å²) in [4.78, 5) is 11.2. The number of aliphatic hydroxyl groups excluding tert-OH is 1. The highest BCUT2D eigenvalue weighted by Crippen LogP contribution is 2.20. The van der Waals surface area contributed by atoms with Crippen LogP contribution in [-0.4, -0.2) is 36.4 Å². The van der Waals surface area contributed by atoms with Crippen LogP contribution in [0.4, 0.5) is 0 Å². The van der Waals surface area contributed by atoms with Crippen molar-refractivity contribution < 1.29 is 14.6 Å². The first-order valence-electron chi connectivity index (χ1n) is 5.39. The molecule has 1 amide bonds. The molecule has 4 heteroatoms. The van der Waals surface area contributed by atoms with Crippen LogP contribution in [0.25, 0.3) is 0 Å². The first kappa shape index (κ1) is 12.2. The van der Waals surface area contributed by atoms with Gasteiger partial charge in [-0.3, -0.25) is 4.79 Å². The fourth-order valence-electron chi connectivity index (χ4n) is 1.64. The maximum atomic E-state index is 11.2. The van der Waals surface area contributed by atoms with Crippen LogP contribution in [0.5, 0.6) is 0 Å². The molecule has 1 rings (SSSR count). The van der Waals surface area contributed by atoms with Gasteiger partial charge in [-0.1, -0.05) is 6.08 Å². The van der Waals surface area contributed by atoms with Crippen molar-refractivity contribution in [2.75, 3.05) is 13.2 Å². The molecule has 0 spiro atoms. The van der Waals surface area contributed by atoms with E-state index < -0.39 is 0 Å². The highest BCUT2D eigenvalue weighted by Gasteiger charge is 2.20. The molecule has 0 radical (unpaired) electrons. The van der Waals surface area contributed by atoms with Gasteiger partial charge in [0.05, 0.1) is 12.2 Å². The van der Waals surface area contributed by atoms with Gasteiger partial charge >= 0.3 is 0 Å². The Morgan fingerprint density at radius 2 is 2.13 bits per heavy atom. The summed E-state index contributed by atoms with van der Waals surface area (Å²) in [5.41, 5.74) is 0. The Kier molecular flexibility index (Phi) is 5.36. The van der Waals surface area contributed by atoms with Gasteiger partial charge in [0.25, 0.3) is 0 Å². The smallest absolute Gasteiger partial charge is 0.246 e. The predicted octanol–water partition coefficient (Wildman–Crippen LogP) is 0.609. The number of ether oxygens (including phenoxy) is 1. The Labute approximate surface area is 90.3 Å². The quantitative estimate of drug-likeness (QED) is 0.658. The molecule has 1 saturated carbocycles. The van der Waals surface area contributed by atoms with Gasteiger partial charge in [-0.25, -0.2) is 0 Å². The van der Waals surface area contributed by atoms with Gasteiger partial charge in [0.1, 0.15) is 6.61 Å². The van der Waals surface area contributed by atoms with Crippen molar-refractivity contribution in [2.45, 2.75) is 37.9 Å². The van der Waals surface area contributed by atoms with E-state index in [0.717, 1.165) is 25.7 Å². The minimum atomic E-state index is -0.181. The predicted molar refractivity (Wildman–Crippen MR) is 57.4 cm³/mol. The zero-order chi connectivity index (χ0) is 11.1. The summed E-state index contributed by atoms with van der Waals surface area (Å²) in [6, 6.07) is 0. The van der Waals surface area contributed by atoms with E-state index in [1.54, 1.807) is 6.08 Å². The monoisotopic (exact) mass is 213 g/mol. The minimum Gasteiger partial charge on any atom is -0.393 e. The number of aliphatic hydroxyl groups is 1. The number of hydrogen-bond donors (Lipinski definition) is 2. The molecule has 0 heterocycles. The second-order valence-electron chi connectivity index (χ2n) is 3.83. The summed E-state index contributed by atoms with van der Waals surface area (Å²) in [5.74, 6) is -0.110. The molecular formula is C11H19NO3. The maximum absolute atomic E-state index is 11.2. The van der Waals surface area contributed by atoms with E-state index in [2.05, 4.69) is 11.9 Å². The molecule has 0 saturated heterocycles. The number of rotatable bonds is 5. The number of carbonyl (C=O) groups is 1. The van der Waals surface area contributed by atoms with Crippen LogP contribution >= 0.6 is 0 Å². The summed E-state index contributed by atoms with van der Waals surface area (Å²) < 4.78 is 5.43. The van der Waals surface area contributed by atoms with Crippen LogP contribution in [-0.2, 0) is 9.53 Å². The van der Waals surface area contributed by atoms with Gasteiger partial charge in [-0.2, -0.15) is 0 Å². The number of carbonyl (C=O) groups excluding carboxylic acids is 1. The molecule has 2 N–H and O–H groups in total. The van der Waals surface area contributed by atoms with Crippen molar-refractivity contribution in [2.24, 2.45) is 0 Å². The molecule has 0 aromatic carbocycles. The zero-order valence-corrected chi connectivity index (χ0v) is 8.95. The second kappa shape index (κ2) is 6.58. The van der Waals surface area contributed by atoms with E-state index in [-0.39, 0.29) is 24.7 Å². The largest absolute Gasteiger partial charge is 0.393 e. The first-order chi connectivity index (χ1) is 7.22. The van der Waals surface area contributed by atoms with E-state index in [4.69, 9.17) is 4.74 Å².